The zero-order valence-electron chi connectivity index (χ0n) is 10.2. The molecule has 2 aromatic rings. The Labute approximate surface area is 114 Å². The number of hydrogen-bond acceptors (Lipinski definition) is 5. The predicted molar refractivity (Wildman–Crippen MR) is 70.3 cm³/mol. The molecule has 20 heavy (non-hydrogen) atoms. The van der Waals surface area contributed by atoms with E-state index in [-0.39, 0.29) is 18.8 Å². The number of halogens is 1. The highest BCUT2D eigenvalue weighted by Crippen LogP contribution is 2.28. The van der Waals surface area contributed by atoms with Gasteiger partial charge >= 0.3 is 10.2 Å². The molecule has 0 aromatic carbocycles. The van der Waals surface area contributed by atoms with Gasteiger partial charge in [-0.3, -0.25) is 14.7 Å². The lowest BCUT2D eigenvalue weighted by Gasteiger charge is -2.16. The zero-order chi connectivity index (χ0) is 14.3. The molecule has 2 aromatic heterocycles. The molecule has 1 atom stereocenters. The number of carbonyl (C=O) groups is 1. The van der Waals surface area contributed by atoms with Gasteiger partial charge in [-0.05, 0) is 12.1 Å². The lowest BCUT2D eigenvalue weighted by molar-refractivity contribution is -0.117. The van der Waals surface area contributed by atoms with Crippen LogP contribution in [0.25, 0.3) is 10.9 Å². The van der Waals surface area contributed by atoms with Crippen molar-refractivity contribution in [3.63, 3.8) is 0 Å². The quantitative estimate of drug-likeness (QED) is 0.773. The number of rotatable bonds is 2. The largest absolute Gasteiger partial charge is 0.307 e. The van der Waals surface area contributed by atoms with Gasteiger partial charge in [-0.2, -0.15) is 8.42 Å². The molecule has 1 amide bonds. The Morgan fingerprint density at radius 2 is 2.05 bits per heavy atom. The number of nitrogens with zero attached hydrogens (tertiary/aromatic N) is 3. The number of aromatic nitrogens is 2. The third-order valence-electron chi connectivity index (χ3n) is 3.25. The first kappa shape index (κ1) is 12.9. The van der Waals surface area contributed by atoms with Crippen LogP contribution in [0.2, 0.25) is 0 Å². The third kappa shape index (κ3) is 2.11. The lowest BCUT2D eigenvalue weighted by Crippen LogP contribution is -2.28. The van der Waals surface area contributed by atoms with Crippen LogP contribution >= 0.6 is 0 Å². The molecule has 0 spiro atoms. The minimum atomic E-state index is -4.74. The van der Waals surface area contributed by atoms with E-state index in [0.29, 0.717) is 5.52 Å². The molecule has 6 nitrogen and oxygen atoms in total. The van der Waals surface area contributed by atoms with Crippen molar-refractivity contribution in [3.05, 3.63) is 30.6 Å². The highest BCUT2D eigenvalue weighted by molar-refractivity contribution is 7.87. The number of amides is 1. The van der Waals surface area contributed by atoms with Crippen LogP contribution in [0.1, 0.15) is 6.42 Å². The minimum Gasteiger partial charge on any atom is -0.294 e. The van der Waals surface area contributed by atoms with Crippen LogP contribution in [0, 0.1) is 0 Å². The summed E-state index contributed by atoms with van der Waals surface area (Å²) in [4.78, 5) is 21.3. The number of carbonyl (C=O) groups excluding carboxylic acids is 1. The molecule has 0 N–H and O–H groups in total. The monoisotopic (exact) mass is 295 g/mol. The highest BCUT2D eigenvalue weighted by atomic mass is 32.3. The molecule has 104 valence electrons. The minimum absolute atomic E-state index is 0.236. The number of fused-ring (bicyclic) bond motifs is 1. The van der Waals surface area contributed by atoms with Crippen LogP contribution in [-0.4, -0.2) is 36.1 Å². The van der Waals surface area contributed by atoms with E-state index in [9.17, 15) is 17.1 Å². The van der Waals surface area contributed by atoms with E-state index in [2.05, 4.69) is 9.97 Å². The number of pyridine rings is 2. The Bertz CT molecular complexity index is 788. The molecule has 1 aliphatic rings. The van der Waals surface area contributed by atoms with Crippen molar-refractivity contribution >= 4 is 32.9 Å². The van der Waals surface area contributed by atoms with Crippen LogP contribution in [0.4, 0.5) is 9.70 Å². The molecule has 1 saturated heterocycles. The Kier molecular flexibility index (Phi) is 2.89. The first-order valence-corrected chi connectivity index (χ1v) is 7.35. The molecule has 8 heteroatoms. The molecular weight excluding hydrogens is 285 g/mol. The van der Waals surface area contributed by atoms with Gasteiger partial charge in [-0.25, -0.2) is 4.98 Å². The Morgan fingerprint density at radius 3 is 2.75 bits per heavy atom. The van der Waals surface area contributed by atoms with Crippen LogP contribution in [-0.2, 0) is 15.0 Å². The SMILES string of the molecule is O=C1CC(S(=O)(=O)F)CN1c1nccc2cccnc12. The summed E-state index contributed by atoms with van der Waals surface area (Å²) >= 11 is 0. The fourth-order valence-corrected chi connectivity index (χ4v) is 2.92. The van der Waals surface area contributed by atoms with E-state index in [1.807, 2.05) is 0 Å². The molecule has 0 radical (unpaired) electrons. The van der Waals surface area contributed by atoms with Crippen molar-refractivity contribution in [1.82, 2.24) is 9.97 Å². The average Bonchev–Trinajstić information content (AvgIpc) is 2.80. The second kappa shape index (κ2) is 4.48. The Morgan fingerprint density at radius 1 is 1.25 bits per heavy atom. The molecule has 1 fully saturated rings. The summed E-state index contributed by atoms with van der Waals surface area (Å²) in [5.41, 5.74) is 0.486. The fourth-order valence-electron chi connectivity index (χ4n) is 2.25. The standard InChI is InChI=1S/C12H10FN3O3S/c13-20(18,19)9-6-10(17)16(7-9)12-11-8(3-5-15-12)2-1-4-14-11/h1-5,9H,6-7H2. The van der Waals surface area contributed by atoms with Gasteiger partial charge in [-0.15, -0.1) is 3.89 Å². The van der Waals surface area contributed by atoms with E-state index in [0.717, 1.165) is 5.39 Å². The Balaban J connectivity index is 2.06. The molecule has 1 aliphatic heterocycles. The summed E-state index contributed by atoms with van der Waals surface area (Å²) in [5, 5.41) is -0.562. The van der Waals surface area contributed by atoms with Crippen molar-refractivity contribution < 1.29 is 17.1 Å². The van der Waals surface area contributed by atoms with Crippen molar-refractivity contribution in [2.45, 2.75) is 11.7 Å². The van der Waals surface area contributed by atoms with Crippen molar-refractivity contribution in [2.24, 2.45) is 0 Å². The topological polar surface area (TPSA) is 80.2 Å². The highest BCUT2D eigenvalue weighted by Gasteiger charge is 2.40. The van der Waals surface area contributed by atoms with Crippen molar-refractivity contribution in [3.8, 4) is 0 Å². The van der Waals surface area contributed by atoms with Gasteiger partial charge in [0.15, 0.2) is 5.82 Å². The number of anilines is 1. The molecule has 3 heterocycles. The van der Waals surface area contributed by atoms with Crippen LogP contribution in [0.3, 0.4) is 0 Å². The van der Waals surface area contributed by atoms with Gasteiger partial charge in [-0.1, -0.05) is 6.07 Å². The van der Waals surface area contributed by atoms with Crippen LogP contribution in [0.5, 0.6) is 0 Å². The maximum absolute atomic E-state index is 13.0. The molecular formula is C12H10FN3O3S. The first-order chi connectivity index (χ1) is 9.47. The zero-order valence-corrected chi connectivity index (χ0v) is 11.0. The summed E-state index contributed by atoms with van der Waals surface area (Å²) in [5.74, 6) is -0.207. The lowest BCUT2D eigenvalue weighted by atomic mass is 10.2. The van der Waals surface area contributed by atoms with Gasteiger partial charge in [0.2, 0.25) is 5.91 Å². The molecule has 0 aliphatic carbocycles. The van der Waals surface area contributed by atoms with Crippen LogP contribution in [0.15, 0.2) is 30.6 Å². The summed E-state index contributed by atoms with van der Waals surface area (Å²) in [6, 6.07) is 5.28. The Hall–Kier alpha value is -2.09. The second-order valence-electron chi connectivity index (χ2n) is 4.52. The van der Waals surface area contributed by atoms with E-state index < -0.39 is 21.4 Å². The van der Waals surface area contributed by atoms with Gasteiger partial charge < -0.3 is 0 Å². The van der Waals surface area contributed by atoms with Crippen molar-refractivity contribution in [2.75, 3.05) is 11.4 Å². The molecule has 0 bridgehead atoms. The third-order valence-corrected chi connectivity index (χ3v) is 4.36. The van der Waals surface area contributed by atoms with Crippen LogP contribution < -0.4 is 4.90 Å². The van der Waals surface area contributed by atoms with Crippen molar-refractivity contribution in [1.29, 1.82) is 0 Å². The van der Waals surface area contributed by atoms with Gasteiger partial charge in [0, 0.05) is 30.7 Å². The fraction of sp³-hybridized carbons (Fsp3) is 0.250. The number of hydrogen-bond donors (Lipinski definition) is 0. The predicted octanol–water partition coefficient (Wildman–Crippen LogP) is 1.03. The van der Waals surface area contributed by atoms with E-state index in [1.165, 1.54) is 11.1 Å². The summed E-state index contributed by atoms with van der Waals surface area (Å²) in [6.07, 6.45) is 2.69. The van der Waals surface area contributed by atoms with Gasteiger partial charge in [0.05, 0.1) is 0 Å². The molecule has 3 rings (SSSR count). The van der Waals surface area contributed by atoms with E-state index in [4.69, 9.17) is 0 Å². The smallest absolute Gasteiger partial charge is 0.294 e. The maximum Gasteiger partial charge on any atom is 0.307 e. The van der Waals surface area contributed by atoms with Gasteiger partial charge in [0.25, 0.3) is 0 Å². The van der Waals surface area contributed by atoms with E-state index >= 15 is 0 Å². The average molecular weight is 295 g/mol. The first-order valence-electron chi connectivity index (χ1n) is 5.90. The second-order valence-corrected chi connectivity index (χ2v) is 6.13. The molecule has 0 saturated carbocycles. The summed E-state index contributed by atoms with van der Waals surface area (Å²) in [7, 11) is -4.74. The molecule has 1 unspecified atom stereocenters. The van der Waals surface area contributed by atoms with E-state index in [1.54, 1.807) is 24.4 Å². The van der Waals surface area contributed by atoms with Gasteiger partial charge in [0.1, 0.15) is 10.8 Å². The summed E-state index contributed by atoms with van der Waals surface area (Å²) < 4.78 is 34.9. The maximum atomic E-state index is 13.0. The normalized spacial score (nSPS) is 19.8. The summed E-state index contributed by atoms with van der Waals surface area (Å²) in [6.45, 7) is -0.236.